The molecule has 68 valence electrons. The predicted octanol–water partition coefficient (Wildman–Crippen LogP) is 1.28. The van der Waals surface area contributed by atoms with E-state index in [1.54, 1.807) is 0 Å². The van der Waals surface area contributed by atoms with Crippen LogP contribution in [0.5, 0.6) is 0 Å². The molecule has 0 radical (unpaired) electrons. The van der Waals surface area contributed by atoms with Crippen LogP contribution in [0.4, 0.5) is 0 Å². The van der Waals surface area contributed by atoms with Gasteiger partial charge in [-0.3, -0.25) is 0 Å². The summed E-state index contributed by atoms with van der Waals surface area (Å²) < 4.78 is 0. The second-order valence-corrected chi connectivity index (χ2v) is 3.09. The summed E-state index contributed by atoms with van der Waals surface area (Å²) in [6.45, 7) is 9.94. The van der Waals surface area contributed by atoms with Crippen molar-refractivity contribution >= 4 is 0 Å². The van der Waals surface area contributed by atoms with Crippen LogP contribution in [-0.4, -0.2) is 49.6 Å². The minimum Gasteiger partial charge on any atom is -0.304 e. The van der Waals surface area contributed by atoms with Crippen LogP contribution in [0.1, 0.15) is 20.8 Å². The summed E-state index contributed by atoms with van der Waals surface area (Å²) in [5.74, 6) is 0. The zero-order chi connectivity index (χ0) is 8.85. The Morgan fingerprint density at radius 2 is 1.64 bits per heavy atom. The van der Waals surface area contributed by atoms with E-state index in [1.165, 1.54) is 19.6 Å². The molecule has 0 saturated carbocycles. The van der Waals surface area contributed by atoms with Crippen molar-refractivity contribution in [3.63, 3.8) is 0 Å². The van der Waals surface area contributed by atoms with Gasteiger partial charge in [-0.2, -0.15) is 0 Å². The van der Waals surface area contributed by atoms with Gasteiger partial charge >= 0.3 is 0 Å². The molecule has 2 nitrogen and oxygen atoms in total. The lowest BCUT2D eigenvalue weighted by Crippen LogP contribution is -2.48. The van der Waals surface area contributed by atoms with Crippen molar-refractivity contribution in [2.75, 3.05) is 33.7 Å². The van der Waals surface area contributed by atoms with Crippen LogP contribution in [0.3, 0.4) is 0 Å². The molecule has 0 spiro atoms. The van der Waals surface area contributed by atoms with E-state index >= 15 is 0 Å². The summed E-state index contributed by atoms with van der Waals surface area (Å²) >= 11 is 0. The topological polar surface area (TPSA) is 6.48 Å². The first kappa shape index (κ1) is 10.9. The van der Waals surface area contributed by atoms with Gasteiger partial charge in [-0.15, -0.1) is 0 Å². The Morgan fingerprint density at radius 1 is 1.09 bits per heavy atom. The van der Waals surface area contributed by atoms with Crippen molar-refractivity contribution in [3.05, 3.63) is 0 Å². The molecule has 0 N–H and O–H groups in total. The van der Waals surface area contributed by atoms with Gasteiger partial charge in [-0.25, -0.2) is 0 Å². The normalized spacial score (nSPS) is 27.5. The molecule has 0 aliphatic carbocycles. The van der Waals surface area contributed by atoms with Crippen molar-refractivity contribution < 1.29 is 0 Å². The summed E-state index contributed by atoms with van der Waals surface area (Å²) in [5, 5.41) is 0. The molecule has 1 atom stereocenters. The van der Waals surface area contributed by atoms with Crippen LogP contribution in [0.25, 0.3) is 0 Å². The van der Waals surface area contributed by atoms with Gasteiger partial charge in [0.25, 0.3) is 0 Å². The van der Waals surface area contributed by atoms with E-state index in [2.05, 4.69) is 30.8 Å². The maximum absolute atomic E-state index is 2.40. The summed E-state index contributed by atoms with van der Waals surface area (Å²) in [4.78, 5) is 4.78. The highest BCUT2D eigenvalue weighted by Crippen LogP contribution is 2.03. The molecule has 1 aliphatic heterocycles. The van der Waals surface area contributed by atoms with Crippen LogP contribution in [-0.2, 0) is 0 Å². The highest BCUT2D eigenvalue weighted by atomic mass is 15.3. The lowest BCUT2D eigenvalue weighted by Gasteiger charge is -2.35. The first-order valence-electron chi connectivity index (χ1n) is 4.59. The van der Waals surface area contributed by atoms with Gasteiger partial charge in [0.15, 0.2) is 0 Å². The molecule has 1 aliphatic rings. The van der Waals surface area contributed by atoms with Crippen LogP contribution in [0.2, 0.25) is 0 Å². The average Bonchev–Trinajstić information content (AvgIpc) is 2.02. The van der Waals surface area contributed by atoms with E-state index in [9.17, 15) is 0 Å². The largest absolute Gasteiger partial charge is 0.304 e. The molecule has 1 rings (SSSR count). The molecule has 11 heavy (non-hydrogen) atoms. The number of hydrogen-bond acceptors (Lipinski definition) is 2. The molecule has 0 aromatic carbocycles. The molecular formula is C9H22N2. The minimum absolute atomic E-state index is 0.740. The number of rotatable bonds is 0. The molecule has 1 fully saturated rings. The van der Waals surface area contributed by atoms with Gasteiger partial charge in [0.05, 0.1) is 0 Å². The van der Waals surface area contributed by atoms with Crippen molar-refractivity contribution in [2.24, 2.45) is 0 Å². The third-order valence-corrected chi connectivity index (χ3v) is 2.16. The van der Waals surface area contributed by atoms with E-state index in [-0.39, 0.29) is 0 Å². The number of hydrogen-bond donors (Lipinski definition) is 0. The molecule has 0 aromatic rings. The fourth-order valence-electron chi connectivity index (χ4n) is 1.23. The Balaban J connectivity index is 0.000000461. The Hall–Kier alpha value is -0.0800. The molecule has 0 unspecified atom stereocenters. The average molecular weight is 158 g/mol. The predicted molar refractivity (Wildman–Crippen MR) is 50.9 cm³/mol. The maximum Gasteiger partial charge on any atom is 0.0192 e. The summed E-state index contributed by atoms with van der Waals surface area (Å²) in [5.41, 5.74) is 0. The Bertz CT molecular complexity index is 93.6. The molecule has 0 bridgehead atoms. The van der Waals surface area contributed by atoms with Crippen LogP contribution in [0.15, 0.2) is 0 Å². The van der Waals surface area contributed by atoms with Gasteiger partial charge in [-0.05, 0) is 21.0 Å². The fourth-order valence-corrected chi connectivity index (χ4v) is 1.23. The molecule has 1 heterocycles. The quantitative estimate of drug-likeness (QED) is 0.524. The van der Waals surface area contributed by atoms with Gasteiger partial charge in [0, 0.05) is 25.7 Å². The van der Waals surface area contributed by atoms with E-state index < -0.39 is 0 Å². The Morgan fingerprint density at radius 3 is 2.00 bits per heavy atom. The SMILES string of the molecule is CC.C[C@@H]1CN(C)CCN1C. The van der Waals surface area contributed by atoms with E-state index in [0.717, 1.165) is 6.04 Å². The van der Waals surface area contributed by atoms with Crippen molar-refractivity contribution in [2.45, 2.75) is 26.8 Å². The summed E-state index contributed by atoms with van der Waals surface area (Å²) in [6, 6.07) is 0.740. The smallest absolute Gasteiger partial charge is 0.0192 e. The van der Waals surface area contributed by atoms with Crippen molar-refractivity contribution in [3.8, 4) is 0 Å². The molecular weight excluding hydrogens is 136 g/mol. The Kier molecular flexibility index (Phi) is 5.51. The molecule has 0 aromatic heterocycles. The monoisotopic (exact) mass is 158 g/mol. The van der Waals surface area contributed by atoms with Crippen molar-refractivity contribution in [1.29, 1.82) is 0 Å². The summed E-state index contributed by atoms with van der Waals surface area (Å²) in [6.07, 6.45) is 0. The number of piperazine rings is 1. The zero-order valence-electron chi connectivity index (χ0n) is 8.59. The van der Waals surface area contributed by atoms with Crippen LogP contribution in [0, 0.1) is 0 Å². The second-order valence-electron chi connectivity index (χ2n) is 3.09. The lowest BCUT2D eigenvalue weighted by molar-refractivity contribution is 0.125. The maximum atomic E-state index is 2.40. The molecule has 1 saturated heterocycles. The van der Waals surface area contributed by atoms with Gasteiger partial charge in [0.1, 0.15) is 0 Å². The van der Waals surface area contributed by atoms with Gasteiger partial charge < -0.3 is 9.80 Å². The third kappa shape index (κ3) is 3.73. The first-order valence-corrected chi connectivity index (χ1v) is 4.59. The second kappa shape index (κ2) is 5.56. The minimum atomic E-state index is 0.740. The molecule has 2 heteroatoms. The zero-order valence-corrected chi connectivity index (χ0v) is 8.59. The van der Waals surface area contributed by atoms with Gasteiger partial charge in [0.2, 0.25) is 0 Å². The number of nitrogens with zero attached hydrogens (tertiary/aromatic N) is 2. The first-order chi connectivity index (χ1) is 5.20. The van der Waals surface area contributed by atoms with Gasteiger partial charge in [-0.1, -0.05) is 13.8 Å². The van der Waals surface area contributed by atoms with E-state index in [0.29, 0.717) is 0 Å². The lowest BCUT2D eigenvalue weighted by atomic mass is 10.2. The summed E-state index contributed by atoms with van der Waals surface area (Å²) in [7, 11) is 4.38. The van der Waals surface area contributed by atoms with Crippen LogP contribution >= 0.6 is 0 Å². The number of likely N-dealkylation sites (N-methyl/N-ethyl adjacent to an activating group) is 2. The van der Waals surface area contributed by atoms with Crippen molar-refractivity contribution in [1.82, 2.24) is 9.80 Å². The fraction of sp³-hybridized carbons (Fsp3) is 1.00. The third-order valence-electron chi connectivity index (χ3n) is 2.16. The van der Waals surface area contributed by atoms with E-state index in [1.807, 2.05) is 13.8 Å². The molecule has 0 amide bonds. The Labute approximate surface area is 71.2 Å². The van der Waals surface area contributed by atoms with E-state index in [4.69, 9.17) is 0 Å². The highest BCUT2D eigenvalue weighted by molar-refractivity contribution is 4.73. The van der Waals surface area contributed by atoms with Crippen LogP contribution < -0.4 is 0 Å². The highest BCUT2D eigenvalue weighted by Gasteiger charge is 2.16. The standard InChI is InChI=1S/C7H16N2.C2H6/c1-7-6-8(2)4-5-9(7)3;1-2/h7H,4-6H2,1-3H3;1-2H3/t7-;/m1./s1.